The van der Waals surface area contributed by atoms with Crippen molar-refractivity contribution in [2.75, 3.05) is 0 Å². The van der Waals surface area contributed by atoms with Gasteiger partial charge in [0.25, 0.3) is 0 Å². The zero-order valence-electron chi connectivity index (χ0n) is 12.6. The number of hydrogen-bond acceptors (Lipinski definition) is 1. The summed E-state index contributed by atoms with van der Waals surface area (Å²) < 4.78 is 0. The van der Waals surface area contributed by atoms with E-state index in [1.54, 1.807) is 0 Å². The van der Waals surface area contributed by atoms with Crippen molar-refractivity contribution in [2.45, 2.75) is 26.4 Å². The van der Waals surface area contributed by atoms with Crippen molar-refractivity contribution >= 4 is 10.9 Å². The van der Waals surface area contributed by atoms with E-state index in [2.05, 4.69) is 78.7 Å². The van der Waals surface area contributed by atoms with Gasteiger partial charge in [0.05, 0.1) is 0 Å². The van der Waals surface area contributed by atoms with E-state index in [0.717, 1.165) is 6.54 Å². The molecule has 1 aromatic heterocycles. The van der Waals surface area contributed by atoms with Gasteiger partial charge >= 0.3 is 0 Å². The Hall–Kier alpha value is -2.06. The number of aromatic nitrogens is 1. The van der Waals surface area contributed by atoms with Crippen molar-refractivity contribution in [1.29, 1.82) is 0 Å². The Morgan fingerprint density at radius 2 is 1.76 bits per heavy atom. The summed E-state index contributed by atoms with van der Waals surface area (Å²) in [6.07, 6.45) is 2.01. The molecule has 0 fully saturated rings. The van der Waals surface area contributed by atoms with Crippen LogP contribution >= 0.6 is 0 Å². The molecule has 1 unspecified atom stereocenters. The molecule has 0 aliphatic carbocycles. The first-order valence-electron chi connectivity index (χ1n) is 7.59. The number of aromatic amines is 1. The molecule has 2 aromatic carbocycles. The van der Waals surface area contributed by atoms with E-state index < -0.39 is 0 Å². The summed E-state index contributed by atoms with van der Waals surface area (Å²) in [6.45, 7) is 5.41. The van der Waals surface area contributed by atoms with E-state index in [1.165, 1.54) is 22.0 Å². The van der Waals surface area contributed by atoms with Crippen molar-refractivity contribution in [3.05, 3.63) is 71.9 Å². The maximum Gasteiger partial charge on any atom is 0.0457 e. The van der Waals surface area contributed by atoms with E-state index >= 15 is 0 Å². The Balaban J connectivity index is 1.80. The SMILES string of the molecule is CC(C)C(NCc1cccc2[nH]ccc12)c1ccccc1. The van der Waals surface area contributed by atoms with Gasteiger partial charge in [-0.1, -0.05) is 56.3 Å². The third kappa shape index (κ3) is 3.01. The lowest BCUT2D eigenvalue weighted by Gasteiger charge is -2.23. The van der Waals surface area contributed by atoms with E-state index in [-0.39, 0.29) is 0 Å². The molecule has 0 saturated carbocycles. The largest absolute Gasteiger partial charge is 0.361 e. The summed E-state index contributed by atoms with van der Waals surface area (Å²) in [5.74, 6) is 0.554. The summed E-state index contributed by atoms with van der Waals surface area (Å²) in [6, 6.07) is 19.7. The molecule has 0 radical (unpaired) electrons. The van der Waals surface area contributed by atoms with Crippen LogP contribution in [0.5, 0.6) is 0 Å². The minimum Gasteiger partial charge on any atom is -0.361 e. The number of rotatable bonds is 5. The summed E-state index contributed by atoms with van der Waals surface area (Å²) in [5, 5.41) is 5.03. The molecule has 0 bridgehead atoms. The van der Waals surface area contributed by atoms with Crippen molar-refractivity contribution < 1.29 is 0 Å². The van der Waals surface area contributed by atoms with Gasteiger partial charge in [-0.2, -0.15) is 0 Å². The van der Waals surface area contributed by atoms with Crippen LogP contribution in [0.3, 0.4) is 0 Å². The maximum absolute atomic E-state index is 3.72. The molecule has 3 aromatic rings. The fourth-order valence-corrected chi connectivity index (χ4v) is 2.92. The molecule has 0 amide bonds. The van der Waals surface area contributed by atoms with Crippen LogP contribution in [0.25, 0.3) is 10.9 Å². The number of benzene rings is 2. The van der Waals surface area contributed by atoms with Crippen molar-refractivity contribution in [3.63, 3.8) is 0 Å². The molecule has 3 rings (SSSR count). The average Bonchev–Trinajstić information content (AvgIpc) is 2.97. The maximum atomic E-state index is 3.72. The summed E-state index contributed by atoms with van der Waals surface area (Å²) in [4.78, 5) is 3.27. The van der Waals surface area contributed by atoms with Gasteiger partial charge in [0.1, 0.15) is 0 Å². The molecule has 2 heteroatoms. The van der Waals surface area contributed by atoms with Crippen LogP contribution in [0.15, 0.2) is 60.8 Å². The Kier molecular flexibility index (Phi) is 4.07. The smallest absolute Gasteiger partial charge is 0.0457 e. The lowest BCUT2D eigenvalue weighted by Crippen LogP contribution is -2.25. The second-order valence-electron chi connectivity index (χ2n) is 5.87. The molecule has 0 aliphatic heterocycles. The Morgan fingerprint density at radius 1 is 0.952 bits per heavy atom. The second kappa shape index (κ2) is 6.15. The number of hydrogen-bond donors (Lipinski definition) is 2. The Bertz CT molecular complexity index is 698. The minimum absolute atomic E-state index is 0.375. The van der Waals surface area contributed by atoms with Crippen LogP contribution in [0.4, 0.5) is 0 Å². The van der Waals surface area contributed by atoms with Gasteiger partial charge in [-0.25, -0.2) is 0 Å². The third-order valence-electron chi connectivity index (χ3n) is 4.02. The Labute approximate surface area is 126 Å². The molecule has 0 spiro atoms. The van der Waals surface area contributed by atoms with Crippen LogP contribution in [0.1, 0.15) is 31.0 Å². The van der Waals surface area contributed by atoms with Gasteiger partial charge in [0.2, 0.25) is 0 Å². The topological polar surface area (TPSA) is 27.8 Å². The highest BCUT2D eigenvalue weighted by atomic mass is 14.9. The van der Waals surface area contributed by atoms with Crippen LogP contribution in [-0.4, -0.2) is 4.98 Å². The second-order valence-corrected chi connectivity index (χ2v) is 5.87. The van der Waals surface area contributed by atoms with Gasteiger partial charge in [-0.05, 0) is 29.2 Å². The molecule has 0 saturated heterocycles. The van der Waals surface area contributed by atoms with Crippen molar-refractivity contribution in [1.82, 2.24) is 10.3 Å². The molecule has 21 heavy (non-hydrogen) atoms. The molecular weight excluding hydrogens is 256 g/mol. The third-order valence-corrected chi connectivity index (χ3v) is 4.02. The Morgan fingerprint density at radius 3 is 2.52 bits per heavy atom. The highest BCUT2D eigenvalue weighted by Crippen LogP contribution is 2.23. The fourth-order valence-electron chi connectivity index (χ4n) is 2.92. The standard InChI is InChI=1S/C19H22N2/c1-14(2)19(15-7-4-3-5-8-15)21-13-16-9-6-10-18-17(16)11-12-20-18/h3-12,14,19-21H,13H2,1-2H3. The molecule has 108 valence electrons. The normalized spacial score (nSPS) is 12.9. The first kappa shape index (κ1) is 13.9. The molecule has 2 nitrogen and oxygen atoms in total. The van der Waals surface area contributed by atoms with E-state index in [9.17, 15) is 0 Å². The summed E-state index contributed by atoms with van der Waals surface area (Å²) >= 11 is 0. The average molecular weight is 278 g/mol. The van der Waals surface area contributed by atoms with Gasteiger partial charge < -0.3 is 10.3 Å². The van der Waals surface area contributed by atoms with Crippen LogP contribution < -0.4 is 5.32 Å². The number of fused-ring (bicyclic) bond motifs is 1. The monoisotopic (exact) mass is 278 g/mol. The van der Waals surface area contributed by atoms with E-state index in [0.29, 0.717) is 12.0 Å². The molecule has 0 aliphatic rings. The summed E-state index contributed by atoms with van der Waals surface area (Å²) in [5.41, 5.74) is 3.90. The summed E-state index contributed by atoms with van der Waals surface area (Å²) in [7, 11) is 0. The zero-order valence-corrected chi connectivity index (χ0v) is 12.6. The molecule has 1 atom stereocenters. The predicted octanol–water partition coefficient (Wildman–Crippen LogP) is 4.65. The van der Waals surface area contributed by atoms with Gasteiger partial charge in [0.15, 0.2) is 0 Å². The lowest BCUT2D eigenvalue weighted by molar-refractivity contribution is 0.411. The number of H-pyrrole nitrogens is 1. The van der Waals surface area contributed by atoms with Crippen LogP contribution in [0, 0.1) is 5.92 Å². The van der Waals surface area contributed by atoms with Gasteiger partial charge in [-0.15, -0.1) is 0 Å². The highest BCUT2D eigenvalue weighted by molar-refractivity contribution is 5.82. The molecule has 1 heterocycles. The zero-order chi connectivity index (χ0) is 14.7. The predicted molar refractivity (Wildman–Crippen MR) is 89.2 cm³/mol. The highest BCUT2D eigenvalue weighted by Gasteiger charge is 2.15. The van der Waals surface area contributed by atoms with Crippen LogP contribution in [-0.2, 0) is 6.54 Å². The van der Waals surface area contributed by atoms with Gasteiger partial charge in [-0.3, -0.25) is 0 Å². The van der Waals surface area contributed by atoms with Gasteiger partial charge in [0, 0.05) is 29.7 Å². The van der Waals surface area contributed by atoms with E-state index in [1.807, 2.05) is 6.20 Å². The minimum atomic E-state index is 0.375. The first-order valence-corrected chi connectivity index (χ1v) is 7.59. The van der Waals surface area contributed by atoms with E-state index in [4.69, 9.17) is 0 Å². The molecule has 2 N–H and O–H groups in total. The lowest BCUT2D eigenvalue weighted by atomic mass is 9.95. The van der Waals surface area contributed by atoms with Crippen LogP contribution in [0.2, 0.25) is 0 Å². The number of nitrogens with one attached hydrogen (secondary N) is 2. The quantitative estimate of drug-likeness (QED) is 0.698. The van der Waals surface area contributed by atoms with Crippen molar-refractivity contribution in [2.24, 2.45) is 5.92 Å². The fraction of sp³-hybridized carbons (Fsp3) is 0.263. The van der Waals surface area contributed by atoms with Crippen molar-refractivity contribution in [3.8, 4) is 0 Å². The first-order chi connectivity index (χ1) is 10.3. The molecular formula is C19H22N2.